The zero-order valence-electron chi connectivity index (χ0n) is 14.2. The van der Waals surface area contributed by atoms with Crippen LogP contribution in [0, 0.1) is 6.92 Å². The summed E-state index contributed by atoms with van der Waals surface area (Å²) in [7, 11) is 1.77. The monoisotopic (exact) mass is 315 g/mol. The first-order valence-corrected chi connectivity index (χ1v) is 7.94. The maximum absolute atomic E-state index is 12.6. The molecule has 0 aliphatic rings. The predicted molar refractivity (Wildman–Crippen MR) is 90.4 cm³/mol. The van der Waals surface area contributed by atoms with Crippen molar-refractivity contribution in [2.24, 2.45) is 7.05 Å². The molecule has 0 radical (unpaired) electrons. The van der Waals surface area contributed by atoms with E-state index in [0.717, 1.165) is 16.8 Å². The Morgan fingerprint density at radius 3 is 2.48 bits per heavy atom. The minimum atomic E-state index is -0.217. The second-order valence-electron chi connectivity index (χ2n) is 6.18. The maximum atomic E-state index is 12.6. The van der Waals surface area contributed by atoms with Gasteiger partial charge in [0.2, 0.25) is 0 Å². The lowest BCUT2D eigenvalue weighted by Crippen LogP contribution is -2.30. The first kappa shape index (κ1) is 17.2. The van der Waals surface area contributed by atoms with Gasteiger partial charge in [-0.2, -0.15) is 5.10 Å². The van der Waals surface area contributed by atoms with E-state index in [1.54, 1.807) is 11.7 Å². The van der Waals surface area contributed by atoms with Gasteiger partial charge in [-0.05, 0) is 30.9 Å². The Balaban J connectivity index is 2.19. The largest absolute Gasteiger partial charge is 0.396 e. The Morgan fingerprint density at radius 2 is 1.96 bits per heavy atom. The molecular weight excluding hydrogens is 290 g/mol. The van der Waals surface area contributed by atoms with E-state index in [-0.39, 0.29) is 24.5 Å². The summed E-state index contributed by atoms with van der Waals surface area (Å²) in [6.07, 6.45) is 0.476. The topological polar surface area (TPSA) is 67.2 Å². The van der Waals surface area contributed by atoms with Gasteiger partial charge in [0.1, 0.15) is 5.69 Å². The molecule has 2 aromatic rings. The van der Waals surface area contributed by atoms with Gasteiger partial charge in [0.05, 0.1) is 11.7 Å². The summed E-state index contributed by atoms with van der Waals surface area (Å²) in [4.78, 5) is 12.6. The smallest absolute Gasteiger partial charge is 0.270 e. The van der Waals surface area contributed by atoms with Crippen LogP contribution in [0.1, 0.15) is 59.5 Å². The van der Waals surface area contributed by atoms with E-state index in [1.165, 1.54) is 0 Å². The van der Waals surface area contributed by atoms with E-state index in [2.05, 4.69) is 10.4 Å². The van der Waals surface area contributed by atoms with Gasteiger partial charge in [0, 0.05) is 13.7 Å². The Kier molecular flexibility index (Phi) is 5.55. The lowest BCUT2D eigenvalue weighted by molar-refractivity contribution is 0.0920. The molecule has 2 rings (SSSR count). The number of hydrogen-bond donors (Lipinski definition) is 2. The second-order valence-corrected chi connectivity index (χ2v) is 6.18. The number of nitrogens with one attached hydrogen (secondary N) is 1. The number of aliphatic hydroxyl groups is 1. The highest BCUT2D eigenvalue weighted by Gasteiger charge is 2.19. The fourth-order valence-electron chi connectivity index (χ4n) is 2.47. The first-order valence-electron chi connectivity index (χ1n) is 7.94. The second kappa shape index (κ2) is 7.42. The molecule has 2 N–H and O–H groups in total. The molecule has 0 saturated carbocycles. The highest BCUT2D eigenvalue weighted by Crippen LogP contribution is 2.19. The summed E-state index contributed by atoms with van der Waals surface area (Å²) >= 11 is 0. The number of aliphatic hydroxyl groups excluding tert-OH is 1. The molecule has 124 valence electrons. The van der Waals surface area contributed by atoms with Gasteiger partial charge >= 0.3 is 0 Å². The van der Waals surface area contributed by atoms with Crippen molar-refractivity contribution in [1.29, 1.82) is 0 Å². The van der Waals surface area contributed by atoms with Crippen LogP contribution >= 0.6 is 0 Å². The lowest BCUT2D eigenvalue weighted by atomic mass is 10.0. The normalized spacial score (nSPS) is 12.4. The van der Waals surface area contributed by atoms with Crippen molar-refractivity contribution in [2.45, 2.75) is 39.2 Å². The highest BCUT2D eigenvalue weighted by atomic mass is 16.3. The van der Waals surface area contributed by atoms with Gasteiger partial charge in [0.25, 0.3) is 5.91 Å². The fraction of sp³-hybridized carbons (Fsp3) is 0.444. The average molecular weight is 315 g/mol. The van der Waals surface area contributed by atoms with E-state index < -0.39 is 0 Å². The molecule has 0 aliphatic carbocycles. The number of aromatic nitrogens is 2. The first-order chi connectivity index (χ1) is 10.9. The number of benzene rings is 1. The molecule has 0 spiro atoms. The van der Waals surface area contributed by atoms with Crippen molar-refractivity contribution in [1.82, 2.24) is 15.1 Å². The fourth-order valence-corrected chi connectivity index (χ4v) is 2.47. The number of nitrogens with zero attached hydrogens (tertiary/aromatic N) is 2. The quantitative estimate of drug-likeness (QED) is 0.861. The van der Waals surface area contributed by atoms with Gasteiger partial charge in [-0.3, -0.25) is 9.48 Å². The molecular formula is C18H25N3O2. The Morgan fingerprint density at radius 1 is 1.30 bits per heavy atom. The molecule has 1 aromatic carbocycles. The van der Waals surface area contributed by atoms with Crippen molar-refractivity contribution in [3.05, 3.63) is 52.8 Å². The molecule has 23 heavy (non-hydrogen) atoms. The third-order valence-corrected chi connectivity index (χ3v) is 3.93. The number of aryl methyl sites for hydroxylation is 2. The van der Waals surface area contributed by atoms with Crippen LogP contribution in [0.4, 0.5) is 0 Å². The predicted octanol–water partition coefficient (Wildman–Crippen LogP) is 2.71. The van der Waals surface area contributed by atoms with Crippen molar-refractivity contribution in [3.63, 3.8) is 0 Å². The molecule has 0 aliphatic heterocycles. The van der Waals surface area contributed by atoms with Crippen LogP contribution in [0.5, 0.6) is 0 Å². The standard InChI is InChI=1S/C18H25N3O2/c1-12(2)16-11-17(21(4)20-16)18(23)19-15(9-10-22)14-7-5-13(3)6-8-14/h5-8,11-12,15,22H,9-10H2,1-4H3,(H,19,23)/t15-/m1/s1. The van der Waals surface area contributed by atoms with E-state index >= 15 is 0 Å². The number of rotatable bonds is 6. The molecule has 0 bridgehead atoms. The SMILES string of the molecule is Cc1ccc([C@@H](CCO)NC(=O)c2cc(C(C)C)nn2C)cc1. The summed E-state index contributed by atoms with van der Waals surface area (Å²) in [5.74, 6) is 0.0963. The summed E-state index contributed by atoms with van der Waals surface area (Å²) in [6.45, 7) is 6.13. The van der Waals surface area contributed by atoms with Crippen LogP contribution in [0.3, 0.4) is 0 Å². The van der Waals surface area contributed by atoms with E-state index in [4.69, 9.17) is 0 Å². The molecule has 5 heteroatoms. The highest BCUT2D eigenvalue weighted by molar-refractivity contribution is 5.93. The van der Waals surface area contributed by atoms with Gasteiger partial charge in [-0.1, -0.05) is 43.7 Å². The summed E-state index contributed by atoms with van der Waals surface area (Å²) in [5, 5.41) is 16.7. The van der Waals surface area contributed by atoms with Crippen molar-refractivity contribution in [3.8, 4) is 0 Å². The van der Waals surface area contributed by atoms with E-state index in [9.17, 15) is 9.90 Å². The van der Waals surface area contributed by atoms with Crippen LogP contribution in [0.25, 0.3) is 0 Å². The zero-order valence-corrected chi connectivity index (χ0v) is 14.2. The summed E-state index contributed by atoms with van der Waals surface area (Å²) in [6, 6.07) is 9.59. The molecule has 0 unspecified atom stereocenters. The number of hydrogen-bond acceptors (Lipinski definition) is 3. The molecule has 1 amide bonds. The van der Waals surface area contributed by atoms with Crippen molar-refractivity contribution < 1.29 is 9.90 Å². The molecule has 1 heterocycles. The Hall–Kier alpha value is -2.14. The lowest BCUT2D eigenvalue weighted by Gasteiger charge is -2.18. The van der Waals surface area contributed by atoms with Gasteiger partial charge < -0.3 is 10.4 Å². The minimum Gasteiger partial charge on any atom is -0.396 e. The maximum Gasteiger partial charge on any atom is 0.270 e. The molecule has 1 atom stereocenters. The Bertz CT molecular complexity index is 659. The van der Waals surface area contributed by atoms with Gasteiger partial charge in [-0.25, -0.2) is 0 Å². The van der Waals surface area contributed by atoms with Crippen molar-refractivity contribution >= 4 is 5.91 Å². The van der Waals surface area contributed by atoms with E-state index in [0.29, 0.717) is 12.1 Å². The number of carbonyl (C=O) groups is 1. The van der Waals surface area contributed by atoms with Gasteiger partial charge in [0.15, 0.2) is 0 Å². The average Bonchev–Trinajstić information content (AvgIpc) is 2.90. The van der Waals surface area contributed by atoms with Crippen molar-refractivity contribution in [2.75, 3.05) is 6.61 Å². The van der Waals surface area contributed by atoms with Crippen LogP contribution in [-0.4, -0.2) is 27.4 Å². The number of amides is 1. The number of carbonyl (C=O) groups excluding carboxylic acids is 1. The molecule has 0 fully saturated rings. The Labute approximate surface area is 137 Å². The van der Waals surface area contributed by atoms with E-state index in [1.807, 2.05) is 51.1 Å². The van der Waals surface area contributed by atoms with Crippen LogP contribution in [-0.2, 0) is 7.05 Å². The van der Waals surface area contributed by atoms with Crippen LogP contribution < -0.4 is 5.32 Å². The third kappa shape index (κ3) is 4.20. The minimum absolute atomic E-state index is 0.0153. The molecule has 5 nitrogen and oxygen atoms in total. The van der Waals surface area contributed by atoms with Gasteiger partial charge in [-0.15, -0.1) is 0 Å². The molecule has 1 aromatic heterocycles. The van der Waals surface area contributed by atoms with Crippen LogP contribution in [0.15, 0.2) is 30.3 Å². The summed E-state index contributed by atoms with van der Waals surface area (Å²) < 4.78 is 1.61. The molecule has 0 saturated heterocycles. The summed E-state index contributed by atoms with van der Waals surface area (Å²) in [5.41, 5.74) is 3.58. The van der Waals surface area contributed by atoms with Crippen LogP contribution in [0.2, 0.25) is 0 Å². The third-order valence-electron chi connectivity index (χ3n) is 3.93. The zero-order chi connectivity index (χ0) is 17.0.